The van der Waals surface area contributed by atoms with E-state index in [-0.39, 0.29) is 5.88 Å². The van der Waals surface area contributed by atoms with Crippen LogP contribution < -0.4 is 4.74 Å². The van der Waals surface area contributed by atoms with Crippen LogP contribution in [0.4, 0.5) is 4.39 Å². The average Bonchev–Trinajstić information content (AvgIpc) is 2.81. The number of furan rings is 1. The van der Waals surface area contributed by atoms with Gasteiger partial charge in [-0.1, -0.05) is 0 Å². The molecule has 3 rings (SSSR count). The summed E-state index contributed by atoms with van der Waals surface area (Å²) in [5.74, 6) is -0.116. The first-order valence-corrected chi connectivity index (χ1v) is 5.99. The quantitative estimate of drug-likeness (QED) is 0.653. The molecular formula is C13H7BrFNO2. The fraction of sp³-hybridized carbons (Fsp3) is 0. The minimum atomic E-state index is -0.516. The Bertz CT molecular complexity index is 711. The molecule has 0 aliphatic rings. The Hall–Kier alpha value is -1.88. The number of benzene rings is 1. The zero-order chi connectivity index (χ0) is 12.5. The fourth-order valence-corrected chi connectivity index (χ4v) is 1.88. The van der Waals surface area contributed by atoms with Crippen molar-refractivity contribution in [3.8, 4) is 11.6 Å². The molecule has 90 valence electrons. The Balaban J connectivity index is 1.97. The van der Waals surface area contributed by atoms with Crippen molar-refractivity contribution in [3.05, 3.63) is 53.1 Å². The lowest BCUT2D eigenvalue weighted by Crippen LogP contribution is -1.92. The van der Waals surface area contributed by atoms with Crippen LogP contribution in [0.5, 0.6) is 11.6 Å². The third-order valence-electron chi connectivity index (χ3n) is 2.42. The SMILES string of the molecule is Fc1ccc(Br)nc1Oc1ccc2ccoc2c1. The van der Waals surface area contributed by atoms with Gasteiger partial charge in [-0.25, -0.2) is 9.37 Å². The highest BCUT2D eigenvalue weighted by Crippen LogP contribution is 2.27. The zero-order valence-corrected chi connectivity index (χ0v) is 10.6. The minimum Gasteiger partial charge on any atom is -0.464 e. The summed E-state index contributed by atoms with van der Waals surface area (Å²) in [4.78, 5) is 3.92. The van der Waals surface area contributed by atoms with Gasteiger partial charge in [-0.2, -0.15) is 0 Å². The third-order valence-corrected chi connectivity index (χ3v) is 2.86. The predicted molar refractivity (Wildman–Crippen MR) is 68.2 cm³/mol. The number of hydrogen-bond donors (Lipinski definition) is 0. The van der Waals surface area contributed by atoms with E-state index in [9.17, 15) is 4.39 Å². The van der Waals surface area contributed by atoms with Gasteiger partial charge in [-0.15, -0.1) is 0 Å². The summed E-state index contributed by atoms with van der Waals surface area (Å²) in [5.41, 5.74) is 0.683. The Morgan fingerprint density at radius 2 is 2.06 bits per heavy atom. The standard InChI is InChI=1S/C13H7BrFNO2/c14-12-4-3-10(15)13(16-12)18-9-2-1-8-5-6-17-11(8)7-9/h1-7H. The molecule has 3 aromatic rings. The monoisotopic (exact) mass is 307 g/mol. The molecule has 1 aromatic carbocycles. The Morgan fingerprint density at radius 1 is 1.17 bits per heavy atom. The van der Waals surface area contributed by atoms with Crippen molar-refractivity contribution in [1.29, 1.82) is 0 Å². The summed E-state index contributed by atoms with van der Waals surface area (Å²) < 4.78 is 24.6. The molecule has 0 aliphatic carbocycles. The molecule has 0 spiro atoms. The number of fused-ring (bicyclic) bond motifs is 1. The Labute approximate surface area is 110 Å². The molecule has 0 N–H and O–H groups in total. The van der Waals surface area contributed by atoms with Gasteiger partial charge in [-0.3, -0.25) is 0 Å². The van der Waals surface area contributed by atoms with Crippen molar-refractivity contribution in [2.75, 3.05) is 0 Å². The van der Waals surface area contributed by atoms with Crippen LogP contribution in [0.1, 0.15) is 0 Å². The maximum atomic E-state index is 13.5. The van der Waals surface area contributed by atoms with E-state index in [0.717, 1.165) is 5.39 Å². The predicted octanol–water partition coefficient (Wildman–Crippen LogP) is 4.52. The van der Waals surface area contributed by atoms with E-state index >= 15 is 0 Å². The van der Waals surface area contributed by atoms with E-state index in [0.29, 0.717) is 15.9 Å². The number of hydrogen-bond acceptors (Lipinski definition) is 3. The summed E-state index contributed by atoms with van der Waals surface area (Å²) in [5, 5.41) is 0.963. The molecular weight excluding hydrogens is 301 g/mol. The number of rotatable bonds is 2. The van der Waals surface area contributed by atoms with Crippen LogP contribution >= 0.6 is 15.9 Å². The van der Waals surface area contributed by atoms with Gasteiger partial charge >= 0.3 is 0 Å². The third kappa shape index (κ3) is 2.09. The molecule has 0 amide bonds. The molecule has 3 nitrogen and oxygen atoms in total. The maximum absolute atomic E-state index is 13.5. The highest BCUT2D eigenvalue weighted by molar-refractivity contribution is 9.10. The first kappa shape index (κ1) is 11.2. The summed E-state index contributed by atoms with van der Waals surface area (Å²) in [6, 6.07) is 9.91. The highest BCUT2D eigenvalue weighted by atomic mass is 79.9. The lowest BCUT2D eigenvalue weighted by Gasteiger charge is -2.05. The molecule has 2 aromatic heterocycles. The fourth-order valence-electron chi connectivity index (χ4n) is 1.58. The van der Waals surface area contributed by atoms with E-state index in [1.165, 1.54) is 12.1 Å². The number of aromatic nitrogens is 1. The second-order valence-corrected chi connectivity index (χ2v) is 4.46. The number of halogens is 2. The zero-order valence-electron chi connectivity index (χ0n) is 9.06. The molecule has 0 atom stereocenters. The van der Waals surface area contributed by atoms with Crippen LogP contribution in [0.2, 0.25) is 0 Å². The number of nitrogens with zero attached hydrogens (tertiary/aromatic N) is 1. The summed E-state index contributed by atoms with van der Waals surface area (Å²) in [6.45, 7) is 0. The Morgan fingerprint density at radius 3 is 2.94 bits per heavy atom. The molecule has 2 heterocycles. The van der Waals surface area contributed by atoms with E-state index in [1.54, 1.807) is 18.4 Å². The van der Waals surface area contributed by atoms with Gasteiger partial charge in [0.05, 0.1) is 6.26 Å². The summed E-state index contributed by atoms with van der Waals surface area (Å²) in [6.07, 6.45) is 1.59. The molecule has 0 bridgehead atoms. The molecule has 0 radical (unpaired) electrons. The molecule has 0 fully saturated rings. The molecule has 0 unspecified atom stereocenters. The van der Waals surface area contributed by atoms with Gasteiger partial charge in [0.2, 0.25) is 0 Å². The molecule has 18 heavy (non-hydrogen) atoms. The van der Waals surface area contributed by atoms with Crippen molar-refractivity contribution in [1.82, 2.24) is 4.98 Å². The summed E-state index contributed by atoms with van der Waals surface area (Å²) in [7, 11) is 0. The molecule has 5 heteroatoms. The maximum Gasteiger partial charge on any atom is 0.256 e. The van der Waals surface area contributed by atoms with E-state index in [2.05, 4.69) is 20.9 Å². The number of pyridine rings is 1. The van der Waals surface area contributed by atoms with E-state index in [4.69, 9.17) is 9.15 Å². The van der Waals surface area contributed by atoms with Crippen molar-refractivity contribution in [2.24, 2.45) is 0 Å². The number of ether oxygens (including phenoxy) is 1. The lowest BCUT2D eigenvalue weighted by atomic mass is 10.2. The van der Waals surface area contributed by atoms with Gasteiger partial charge in [0.15, 0.2) is 5.82 Å². The van der Waals surface area contributed by atoms with Crippen molar-refractivity contribution in [3.63, 3.8) is 0 Å². The summed E-state index contributed by atoms with van der Waals surface area (Å²) >= 11 is 3.17. The van der Waals surface area contributed by atoms with Crippen molar-refractivity contribution in [2.45, 2.75) is 0 Å². The Kier molecular flexibility index (Phi) is 2.76. The first-order chi connectivity index (χ1) is 8.72. The van der Waals surface area contributed by atoms with Crippen LogP contribution in [0.3, 0.4) is 0 Å². The van der Waals surface area contributed by atoms with E-state index in [1.807, 2.05) is 12.1 Å². The molecule has 0 aliphatic heterocycles. The minimum absolute atomic E-state index is 0.0738. The van der Waals surface area contributed by atoms with Crippen LogP contribution in [0.15, 0.2) is 51.7 Å². The lowest BCUT2D eigenvalue weighted by molar-refractivity contribution is 0.421. The second-order valence-electron chi connectivity index (χ2n) is 3.64. The first-order valence-electron chi connectivity index (χ1n) is 5.19. The van der Waals surface area contributed by atoms with Crippen molar-refractivity contribution < 1.29 is 13.5 Å². The van der Waals surface area contributed by atoms with Gasteiger partial charge in [0.25, 0.3) is 5.88 Å². The molecule has 0 saturated heterocycles. The van der Waals surface area contributed by atoms with Crippen LogP contribution in [0.25, 0.3) is 11.0 Å². The largest absolute Gasteiger partial charge is 0.464 e. The average molecular weight is 308 g/mol. The van der Waals surface area contributed by atoms with Crippen LogP contribution in [0, 0.1) is 5.82 Å². The van der Waals surface area contributed by atoms with Crippen LogP contribution in [-0.4, -0.2) is 4.98 Å². The van der Waals surface area contributed by atoms with Gasteiger partial charge < -0.3 is 9.15 Å². The van der Waals surface area contributed by atoms with E-state index < -0.39 is 5.82 Å². The van der Waals surface area contributed by atoms with Gasteiger partial charge in [0, 0.05) is 11.5 Å². The van der Waals surface area contributed by atoms with Gasteiger partial charge in [0.1, 0.15) is 15.9 Å². The van der Waals surface area contributed by atoms with Gasteiger partial charge in [-0.05, 0) is 46.3 Å². The molecule has 0 saturated carbocycles. The topological polar surface area (TPSA) is 35.3 Å². The normalized spacial score (nSPS) is 10.8. The second kappa shape index (κ2) is 4.42. The smallest absolute Gasteiger partial charge is 0.256 e. The van der Waals surface area contributed by atoms with Crippen LogP contribution in [-0.2, 0) is 0 Å². The highest BCUT2D eigenvalue weighted by Gasteiger charge is 2.08. The van der Waals surface area contributed by atoms with Crippen molar-refractivity contribution >= 4 is 26.9 Å².